The van der Waals surface area contributed by atoms with Crippen molar-refractivity contribution in [2.75, 3.05) is 13.1 Å². The van der Waals surface area contributed by atoms with Gasteiger partial charge in [0, 0.05) is 6.04 Å². The van der Waals surface area contributed by atoms with Crippen LogP contribution in [0.1, 0.15) is 32.6 Å². The van der Waals surface area contributed by atoms with E-state index in [0.29, 0.717) is 6.04 Å². The van der Waals surface area contributed by atoms with Crippen molar-refractivity contribution in [3.8, 4) is 0 Å². The van der Waals surface area contributed by atoms with Crippen molar-refractivity contribution in [3.05, 3.63) is 0 Å². The van der Waals surface area contributed by atoms with Crippen molar-refractivity contribution < 1.29 is 0 Å². The molecule has 2 heteroatoms. The minimum atomic E-state index is 0.507. The van der Waals surface area contributed by atoms with E-state index in [1.807, 2.05) is 0 Å². The van der Waals surface area contributed by atoms with E-state index in [1.54, 1.807) is 0 Å². The molecule has 3 saturated carbocycles. The van der Waals surface area contributed by atoms with Gasteiger partial charge >= 0.3 is 0 Å². The fraction of sp³-hybridized carbons (Fsp3) is 1.00. The Bertz CT molecular complexity index is 239. The van der Waals surface area contributed by atoms with Gasteiger partial charge in [0.1, 0.15) is 0 Å². The van der Waals surface area contributed by atoms with Crippen LogP contribution in [0, 0.1) is 29.6 Å². The fourth-order valence-electron chi connectivity index (χ4n) is 3.88. The molecule has 0 aromatic rings. The Morgan fingerprint density at radius 2 is 1.87 bits per heavy atom. The van der Waals surface area contributed by atoms with Gasteiger partial charge in [0.15, 0.2) is 0 Å². The molecule has 3 aliphatic carbocycles. The molecule has 2 bridgehead atoms. The Balaban J connectivity index is 1.43. The topological polar surface area (TPSA) is 38.0 Å². The summed E-state index contributed by atoms with van der Waals surface area (Å²) < 4.78 is 0. The molecule has 0 saturated heterocycles. The van der Waals surface area contributed by atoms with Gasteiger partial charge in [-0.2, -0.15) is 0 Å². The number of nitrogens with one attached hydrogen (secondary N) is 1. The van der Waals surface area contributed by atoms with E-state index < -0.39 is 0 Å². The molecular weight excluding hydrogens is 184 g/mol. The van der Waals surface area contributed by atoms with E-state index in [2.05, 4.69) is 12.2 Å². The van der Waals surface area contributed by atoms with Crippen LogP contribution in [-0.2, 0) is 0 Å². The molecule has 6 atom stereocenters. The van der Waals surface area contributed by atoms with Crippen molar-refractivity contribution in [1.29, 1.82) is 0 Å². The molecule has 15 heavy (non-hydrogen) atoms. The second kappa shape index (κ2) is 3.74. The van der Waals surface area contributed by atoms with E-state index in [4.69, 9.17) is 5.73 Å². The molecule has 0 spiro atoms. The molecule has 0 amide bonds. The van der Waals surface area contributed by atoms with Crippen LogP contribution >= 0.6 is 0 Å². The molecule has 3 N–H and O–H groups in total. The van der Waals surface area contributed by atoms with Gasteiger partial charge in [0.25, 0.3) is 0 Å². The average Bonchev–Trinajstić information content (AvgIpc) is 2.65. The van der Waals surface area contributed by atoms with Crippen LogP contribution in [0.3, 0.4) is 0 Å². The summed E-state index contributed by atoms with van der Waals surface area (Å²) in [6.07, 6.45) is 5.72. The molecule has 2 nitrogen and oxygen atoms in total. The highest BCUT2D eigenvalue weighted by molar-refractivity contribution is 4.99. The summed E-state index contributed by atoms with van der Waals surface area (Å²) in [5.41, 5.74) is 6.28. The first kappa shape index (κ1) is 10.1. The van der Waals surface area contributed by atoms with Gasteiger partial charge in [0.05, 0.1) is 0 Å². The third-order valence-corrected chi connectivity index (χ3v) is 5.22. The first-order chi connectivity index (χ1) is 7.25. The summed E-state index contributed by atoms with van der Waals surface area (Å²) in [5, 5.41) is 3.65. The summed E-state index contributed by atoms with van der Waals surface area (Å²) in [4.78, 5) is 0. The van der Waals surface area contributed by atoms with E-state index in [0.717, 1.165) is 29.6 Å². The highest BCUT2D eigenvalue weighted by Gasteiger charge is 2.45. The van der Waals surface area contributed by atoms with Gasteiger partial charge in [-0.25, -0.2) is 0 Å². The maximum Gasteiger partial charge on any atom is 0.0110 e. The van der Waals surface area contributed by atoms with Crippen LogP contribution in [0.4, 0.5) is 0 Å². The van der Waals surface area contributed by atoms with Crippen LogP contribution in [0.5, 0.6) is 0 Å². The van der Waals surface area contributed by atoms with Crippen LogP contribution in [0.2, 0.25) is 0 Å². The van der Waals surface area contributed by atoms with Crippen LogP contribution in [0.15, 0.2) is 0 Å². The molecule has 3 rings (SSSR count). The SMILES string of the molecule is CC1CC1CNCC1C2CCC(C2)C1N. The quantitative estimate of drug-likeness (QED) is 0.736. The lowest BCUT2D eigenvalue weighted by Crippen LogP contribution is -2.41. The van der Waals surface area contributed by atoms with Crippen LogP contribution in [-0.4, -0.2) is 19.1 Å². The molecule has 0 aromatic carbocycles. The molecule has 0 aromatic heterocycles. The third kappa shape index (κ3) is 1.83. The van der Waals surface area contributed by atoms with Gasteiger partial charge in [-0.1, -0.05) is 6.92 Å². The summed E-state index contributed by atoms with van der Waals surface area (Å²) in [6, 6.07) is 0.507. The number of rotatable bonds is 4. The fourth-order valence-corrected chi connectivity index (χ4v) is 3.88. The van der Waals surface area contributed by atoms with Crippen molar-refractivity contribution >= 4 is 0 Å². The summed E-state index contributed by atoms with van der Waals surface area (Å²) in [7, 11) is 0. The van der Waals surface area contributed by atoms with Crippen molar-refractivity contribution in [3.63, 3.8) is 0 Å². The molecule has 86 valence electrons. The summed E-state index contributed by atoms with van der Waals surface area (Å²) in [5.74, 6) is 4.56. The number of hydrogen-bond donors (Lipinski definition) is 2. The monoisotopic (exact) mass is 208 g/mol. The molecule has 0 radical (unpaired) electrons. The van der Waals surface area contributed by atoms with Crippen LogP contribution in [0.25, 0.3) is 0 Å². The highest BCUT2D eigenvalue weighted by atomic mass is 14.9. The maximum absolute atomic E-state index is 6.28. The second-order valence-electron chi connectivity index (χ2n) is 6.21. The second-order valence-corrected chi connectivity index (χ2v) is 6.21. The summed E-state index contributed by atoms with van der Waals surface area (Å²) >= 11 is 0. The first-order valence-electron chi connectivity index (χ1n) is 6.72. The Labute approximate surface area is 93.0 Å². The largest absolute Gasteiger partial charge is 0.327 e. The zero-order valence-electron chi connectivity index (χ0n) is 9.78. The highest BCUT2D eigenvalue weighted by Crippen LogP contribution is 2.47. The smallest absolute Gasteiger partial charge is 0.0110 e. The lowest BCUT2D eigenvalue weighted by Gasteiger charge is -2.28. The molecule has 3 fully saturated rings. The minimum absolute atomic E-state index is 0.507. The van der Waals surface area contributed by atoms with E-state index in [-0.39, 0.29) is 0 Å². The molecule has 0 aliphatic heterocycles. The lowest BCUT2D eigenvalue weighted by atomic mass is 9.85. The Kier molecular flexibility index (Phi) is 2.52. The normalized spacial score (nSPS) is 52.4. The standard InChI is InChI=1S/C13H24N2/c1-8-4-11(8)6-15-7-12-9-2-3-10(5-9)13(12)14/h8-13,15H,2-7,14H2,1H3. The van der Waals surface area contributed by atoms with Crippen molar-refractivity contribution in [1.82, 2.24) is 5.32 Å². The predicted molar refractivity (Wildman–Crippen MR) is 62.4 cm³/mol. The van der Waals surface area contributed by atoms with Crippen LogP contribution < -0.4 is 11.1 Å². The summed E-state index contributed by atoms with van der Waals surface area (Å²) in [6.45, 7) is 4.78. The van der Waals surface area contributed by atoms with E-state index in [1.165, 1.54) is 38.8 Å². The third-order valence-electron chi connectivity index (χ3n) is 5.22. The molecular formula is C13H24N2. The van der Waals surface area contributed by atoms with Gasteiger partial charge < -0.3 is 11.1 Å². The predicted octanol–water partition coefficient (Wildman–Crippen LogP) is 1.61. The van der Waals surface area contributed by atoms with Gasteiger partial charge in [-0.3, -0.25) is 0 Å². The first-order valence-corrected chi connectivity index (χ1v) is 6.72. The van der Waals surface area contributed by atoms with Crippen molar-refractivity contribution in [2.45, 2.75) is 38.6 Å². The number of fused-ring (bicyclic) bond motifs is 2. The molecule has 6 unspecified atom stereocenters. The van der Waals surface area contributed by atoms with E-state index in [9.17, 15) is 0 Å². The van der Waals surface area contributed by atoms with Gasteiger partial charge in [0.2, 0.25) is 0 Å². The zero-order chi connectivity index (χ0) is 10.4. The van der Waals surface area contributed by atoms with Crippen molar-refractivity contribution in [2.24, 2.45) is 35.3 Å². The Morgan fingerprint density at radius 1 is 1.13 bits per heavy atom. The van der Waals surface area contributed by atoms with E-state index >= 15 is 0 Å². The number of nitrogens with two attached hydrogens (primary N) is 1. The maximum atomic E-state index is 6.28. The lowest BCUT2D eigenvalue weighted by molar-refractivity contribution is 0.277. The Hall–Kier alpha value is -0.0800. The average molecular weight is 208 g/mol. The van der Waals surface area contributed by atoms with Gasteiger partial charge in [-0.15, -0.1) is 0 Å². The van der Waals surface area contributed by atoms with Gasteiger partial charge in [-0.05, 0) is 68.4 Å². The number of hydrogen-bond acceptors (Lipinski definition) is 2. The zero-order valence-corrected chi connectivity index (χ0v) is 9.78. The minimum Gasteiger partial charge on any atom is -0.327 e. The molecule has 3 aliphatic rings. The molecule has 0 heterocycles. The Morgan fingerprint density at radius 3 is 2.47 bits per heavy atom.